The third-order valence-electron chi connectivity index (χ3n) is 2.51. The van der Waals surface area contributed by atoms with Crippen LogP contribution in [-0.2, 0) is 4.79 Å². The molecular formula is C14H19N3O3S. The molecular weight excluding hydrogens is 290 g/mol. The number of carbonyl (C=O) groups excluding carboxylic acids is 3. The summed E-state index contributed by atoms with van der Waals surface area (Å²) in [4.78, 5) is 35.0. The number of amides is 3. The smallest absolute Gasteiger partial charge is 0.283 e. The molecule has 0 bridgehead atoms. The van der Waals surface area contributed by atoms with Gasteiger partial charge in [0, 0.05) is 24.4 Å². The Labute approximate surface area is 127 Å². The molecule has 1 aromatic carbocycles. The van der Waals surface area contributed by atoms with Gasteiger partial charge in [-0.2, -0.15) is 0 Å². The molecule has 0 aliphatic carbocycles. The molecule has 0 aromatic heterocycles. The summed E-state index contributed by atoms with van der Waals surface area (Å²) >= 11 is 0.976. The van der Waals surface area contributed by atoms with Crippen molar-refractivity contribution in [2.75, 3.05) is 13.1 Å². The van der Waals surface area contributed by atoms with Crippen LogP contribution in [0.2, 0.25) is 0 Å². The van der Waals surface area contributed by atoms with Gasteiger partial charge in [-0.1, -0.05) is 19.1 Å². The average Bonchev–Trinajstić information content (AvgIpc) is 2.45. The number of hydrogen-bond acceptors (Lipinski definition) is 4. The molecule has 0 radical (unpaired) electrons. The molecule has 4 N–H and O–H groups in total. The zero-order valence-electron chi connectivity index (χ0n) is 11.8. The summed E-state index contributed by atoms with van der Waals surface area (Å²) in [7, 11) is 0. The third kappa shape index (κ3) is 6.31. The van der Waals surface area contributed by atoms with E-state index < -0.39 is 5.91 Å². The quantitative estimate of drug-likeness (QED) is 0.664. The van der Waals surface area contributed by atoms with Crippen molar-refractivity contribution < 1.29 is 14.4 Å². The van der Waals surface area contributed by atoms with Crippen LogP contribution >= 0.6 is 11.8 Å². The SMILES string of the molecule is CCCNC(=O)Sc1ccccc1C(=O)NCCC(N)=O. The molecule has 0 saturated carbocycles. The maximum absolute atomic E-state index is 12.0. The zero-order chi connectivity index (χ0) is 15.7. The van der Waals surface area contributed by atoms with Crippen molar-refractivity contribution in [3.05, 3.63) is 29.8 Å². The summed E-state index contributed by atoms with van der Waals surface area (Å²) in [6.07, 6.45) is 0.930. The standard InChI is InChI=1S/C14H19N3O3S/c1-2-8-17-14(20)21-11-6-4-3-5-10(11)13(19)16-9-7-12(15)18/h3-6H,2,7-9H2,1H3,(H2,15,18)(H,16,19)(H,17,20). The van der Waals surface area contributed by atoms with Gasteiger partial charge in [0.25, 0.3) is 11.1 Å². The van der Waals surface area contributed by atoms with Crippen molar-refractivity contribution in [2.24, 2.45) is 5.73 Å². The number of thioether (sulfide) groups is 1. The molecule has 1 rings (SSSR count). The number of nitrogens with two attached hydrogens (primary N) is 1. The van der Waals surface area contributed by atoms with Gasteiger partial charge < -0.3 is 16.4 Å². The minimum atomic E-state index is -0.475. The first-order valence-corrected chi connectivity index (χ1v) is 7.47. The van der Waals surface area contributed by atoms with E-state index in [-0.39, 0.29) is 24.1 Å². The number of primary amides is 1. The first-order valence-electron chi connectivity index (χ1n) is 6.65. The van der Waals surface area contributed by atoms with Gasteiger partial charge in [0.15, 0.2) is 0 Å². The maximum atomic E-state index is 12.0. The van der Waals surface area contributed by atoms with Crippen LogP contribution in [-0.4, -0.2) is 30.1 Å². The van der Waals surface area contributed by atoms with E-state index in [1.54, 1.807) is 24.3 Å². The largest absolute Gasteiger partial charge is 0.370 e. The Morgan fingerprint density at radius 1 is 1.14 bits per heavy atom. The van der Waals surface area contributed by atoms with Gasteiger partial charge in [-0.05, 0) is 30.3 Å². The van der Waals surface area contributed by atoms with Crippen LogP contribution in [0.4, 0.5) is 4.79 Å². The van der Waals surface area contributed by atoms with Gasteiger partial charge in [-0.3, -0.25) is 14.4 Å². The van der Waals surface area contributed by atoms with E-state index in [0.29, 0.717) is 17.0 Å². The van der Waals surface area contributed by atoms with E-state index in [2.05, 4.69) is 10.6 Å². The molecule has 3 amide bonds. The molecule has 114 valence electrons. The number of carbonyl (C=O) groups is 3. The van der Waals surface area contributed by atoms with Gasteiger partial charge >= 0.3 is 0 Å². The van der Waals surface area contributed by atoms with Crippen molar-refractivity contribution in [3.63, 3.8) is 0 Å². The van der Waals surface area contributed by atoms with E-state index in [4.69, 9.17) is 5.73 Å². The van der Waals surface area contributed by atoms with Crippen LogP contribution in [0.25, 0.3) is 0 Å². The van der Waals surface area contributed by atoms with Crippen molar-refractivity contribution in [1.29, 1.82) is 0 Å². The average molecular weight is 309 g/mol. The van der Waals surface area contributed by atoms with Gasteiger partial charge in [0.1, 0.15) is 0 Å². The first-order chi connectivity index (χ1) is 10.0. The normalized spacial score (nSPS) is 9.95. The molecule has 0 spiro atoms. The van der Waals surface area contributed by atoms with Crippen LogP contribution in [0.1, 0.15) is 30.1 Å². The third-order valence-corrected chi connectivity index (χ3v) is 3.42. The van der Waals surface area contributed by atoms with Crippen molar-refractivity contribution in [1.82, 2.24) is 10.6 Å². The van der Waals surface area contributed by atoms with Crippen LogP contribution in [0.5, 0.6) is 0 Å². The van der Waals surface area contributed by atoms with E-state index >= 15 is 0 Å². The molecule has 0 fully saturated rings. The summed E-state index contributed by atoms with van der Waals surface area (Å²) in [5.74, 6) is -0.806. The molecule has 0 aliphatic heterocycles. The molecule has 7 heteroatoms. The predicted octanol–water partition coefficient (Wildman–Crippen LogP) is 1.50. The predicted molar refractivity (Wildman–Crippen MR) is 82.1 cm³/mol. The number of nitrogens with one attached hydrogen (secondary N) is 2. The van der Waals surface area contributed by atoms with Crippen LogP contribution in [0.15, 0.2) is 29.2 Å². The Morgan fingerprint density at radius 3 is 2.52 bits per heavy atom. The lowest BCUT2D eigenvalue weighted by molar-refractivity contribution is -0.117. The lowest BCUT2D eigenvalue weighted by Crippen LogP contribution is -2.28. The second-order valence-electron chi connectivity index (χ2n) is 4.28. The number of rotatable bonds is 7. The Morgan fingerprint density at radius 2 is 1.86 bits per heavy atom. The topological polar surface area (TPSA) is 101 Å². The summed E-state index contributed by atoms with van der Waals surface area (Å²) < 4.78 is 0. The maximum Gasteiger partial charge on any atom is 0.283 e. The Balaban J connectivity index is 2.67. The van der Waals surface area contributed by atoms with E-state index in [1.165, 1.54) is 0 Å². The van der Waals surface area contributed by atoms with E-state index in [1.807, 2.05) is 6.92 Å². The monoisotopic (exact) mass is 309 g/mol. The van der Waals surface area contributed by atoms with Crippen LogP contribution < -0.4 is 16.4 Å². The second-order valence-corrected chi connectivity index (χ2v) is 5.30. The van der Waals surface area contributed by atoms with E-state index in [0.717, 1.165) is 18.2 Å². The molecule has 0 atom stereocenters. The molecule has 0 heterocycles. The van der Waals surface area contributed by atoms with Gasteiger partial charge in [0.2, 0.25) is 5.91 Å². The van der Waals surface area contributed by atoms with Gasteiger partial charge in [-0.25, -0.2) is 0 Å². The molecule has 21 heavy (non-hydrogen) atoms. The van der Waals surface area contributed by atoms with Crippen LogP contribution in [0.3, 0.4) is 0 Å². The molecule has 0 saturated heterocycles. The summed E-state index contributed by atoms with van der Waals surface area (Å²) in [6, 6.07) is 6.82. The van der Waals surface area contributed by atoms with Gasteiger partial charge in [0.05, 0.1) is 5.56 Å². The molecule has 0 unspecified atom stereocenters. The summed E-state index contributed by atoms with van der Waals surface area (Å²) in [6.45, 7) is 2.74. The number of benzene rings is 1. The highest BCUT2D eigenvalue weighted by Gasteiger charge is 2.14. The zero-order valence-corrected chi connectivity index (χ0v) is 12.7. The molecule has 1 aromatic rings. The molecule has 0 aliphatic rings. The first kappa shape index (κ1) is 17.0. The number of hydrogen-bond donors (Lipinski definition) is 3. The lowest BCUT2D eigenvalue weighted by Gasteiger charge is -2.09. The fourth-order valence-corrected chi connectivity index (χ4v) is 2.29. The van der Waals surface area contributed by atoms with E-state index in [9.17, 15) is 14.4 Å². The van der Waals surface area contributed by atoms with Gasteiger partial charge in [-0.15, -0.1) is 0 Å². The minimum Gasteiger partial charge on any atom is -0.370 e. The summed E-state index contributed by atoms with van der Waals surface area (Å²) in [5.41, 5.74) is 5.41. The summed E-state index contributed by atoms with van der Waals surface area (Å²) in [5, 5.41) is 5.14. The minimum absolute atomic E-state index is 0.0814. The Bertz CT molecular complexity index is 520. The lowest BCUT2D eigenvalue weighted by atomic mass is 10.2. The van der Waals surface area contributed by atoms with Crippen LogP contribution in [0, 0.1) is 0 Å². The Kier molecular flexibility index (Phi) is 7.31. The fraction of sp³-hybridized carbons (Fsp3) is 0.357. The van der Waals surface area contributed by atoms with Crippen molar-refractivity contribution in [2.45, 2.75) is 24.7 Å². The van der Waals surface area contributed by atoms with Crippen molar-refractivity contribution >= 4 is 28.8 Å². The fourth-order valence-electron chi connectivity index (χ4n) is 1.50. The highest BCUT2D eigenvalue weighted by atomic mass is 32.2. The second kappa shape index (κ2) is 9.02. The highest BCUT2D eigenvalue weighted by molar-refractivity contribution is 8.13. The molecule has 6 nitrogen and oxygen atoms in total. The Hall–Kier alpha value is -2.02. The van der Waals surface area contributed by atoms with Crippen molar-refractivity contribution in [3.8, 4) is 0 Å². The highest BCUT2D eigenvalue weighted by Crippen LogP contribution is 2.23.